The number of hydrogen-bond acceptors (Lipinski definition) is 3. The molecule has 0 aromatic heterocycles. The molecule has 0 radical (unpaired) electrons. The van der Waals surface area contributed by atoms with Crippen LogP contribution in [0.5, 0.6) is 11.5 Å². The van der Waals surface area contributed by atoms with Gasteiger partial charge in [0.25, 0.3) is 0 Å². The zero-order valence-electron chi connectivity index (χ0n) is 10.7. The molecule has 4 heteroatoms. The largest absolute Gasteiger partial charge is 0.490 e. The predicted octanol–water partition coefficient (Wildman–Crippen LogP) is 3.33. The van der Waals surface area contributed by atoms with Crippen LogP contribution in [0.15, 0.2) is 48.5 Å². The van der Waals surface area contributed by atoms with Crippen LogP contribution in [0.2, 0.25) is 0 Å². The van der Waals surface area contributed by atoms with Crippen LogP contribution < -0.4 is 14.8 Å². The van der Waals surface area contributed by atoms with E-state index in [4.69, 9.17) is 9.47 Å². The summed E-state index contributed by atoms with van der Waals surface area (Å²) in [5, 5.41) is 3.03. The van der Waals surface area contributed by atoms with Crippen molar-refractivity contribution in [2.45, 2.75) is 0 Å². The molecule has 0 unspecified atom stereocenters. The van der Waals surface area contributed by atoms with E-state index in [0.717, 1.165) is 11.4 Å². The molecule has 0 aliphatic carbocycles. The van der Waals surface area contributed by atoms with Crippen LogP contribution in [0.25, 0.3) is 0 Å². The average Bonchev–Trinajstić information content (AvgIpc) is 2.46. The third kappa shape index (κ3) is 3.88. The lowest BCUT2D eigenvalue weighted by atomic mass is 10.3. The quantitative estimate of drug-likeness (QED) is 0.809. The third-order valence-corrected chi connectivity index (χ3v) is 2.59. The van der Waals surface area contributed by atoms with Gasteiger partial charge in [-0.1, -0.05) is 12.1 Å². The van der Waals surface area contributed by atoms with Gasteiger partial charge in [-0.15, -0.1) is 0 Å². The number of halogens is 1. The molecule has 3 nitrogen and oxygen atoms in total. The molecule has 2 aromatic rings. The SMILES string of the molecule is CNc1ccc(OCCOc2ccccc2F)cc1. The fraction of sp³-hybridized carbons (Fsp3) is 0.200. The fourth-order valence-corrected chi connectivity index (χ4v) is 1.59. The summed E-state index contributed by atoms with van der Waals surface area (Å²) in [6.45, 7) is 0.669. The maximum Gasteiger partial charge on any atom is 0.165 e. The van der Waals surface area contributed by atoms with Gasteiger partial charge in [-0.2, -0.15) is 0 Å². The Hall–Kier alpha value is -2.23. The second-order valence-electron chi connectivity index (χ2n) is 3.90. The van der Waals surface area contributed by atoms with Crippen LogP contribution in [0, 0.1) is 5.82 Å². The average molecular weight is 261 g/mol. The van der Waals surface area contributed by atoms with Crippen molar-refractivity contribution in [2.75, 3.05) is 25.6 Å². The second-order valence-corrected chi connectivity index (χ2v) is 3.90. The zero-order chi connectivity index (χ0) is 13.5. The van der Waals surface area contributed by atoms with E-state index in [1.54, 1.807) is 18.2 Å². The summed E-state index contributed by atoms with van der Waals surface area (Å²) in [6, 6.07) is 13.9. The molecular formula is C15H16FNO2. The number of rotatable bonds is 6. The first-order valence-corrected chi connectivity index (χ1v) is 6.07. The third-order valence-electron chi connectivity index (χ3n) is 2.59. The molecule has 0 aliphatic heterocycles. The summed E-state index contributed by atoms with van der Waals surface area (Å²) < 4.78 is 24.0. The molecule has 0 saturated heterocycles. The van der Waals surface area contributed by atoms with Crippen molar-refractivity contribution >= 4 is 5.69 Å². The molecule has 2 rings (SSSR count). The molecule has 0 aliphatic rings. The van der Waals surface area contributed by atoms with Crippen molar-refractivity contribution in [1.82, 2.24) is 0 Å². The van der Waals surface area contributed by atoms with E-state index in [1.807, 2.05) is 31.3 Å². The lowest BCUT2D eigenvalue weighted by Crippen LogP contribution is -2.09. The Balaban J connectivity index is 1.76. The molecule has 100 valence electrons. The van der Waals surface area contributed by atoms with E-state index in [1.165, 1.54) is 6.07 Å². The van der Waals surface area contributed by atoms with Crippen LogP contribution in [0.1, 0.15) is 0 Å². The number of anilines is 1. The summed E-state index contributed by atoms with van der Waals surface area (Å²) in [5.41, 5.74) is 1.02. The van der Waals surface area contributed by atoms with Gasteiger partial charge >= 0.3 is 0 Å². The lowest BCUT2D eigenvalue weighted by Gasteiger charge is -2.09. The Bertz CT molecular complexity index is 514. The molecule has 2 aromatic carbocycles. The van der Waals surface area contributed by atoms with E-state index < -0.39 is 0 Å². The van der Waals surface area contributed by atoms with E-state index in [2.05, 4.69) is 5.32 Å². The van der Waals surface area contributed by atoms with Crippen molar-refractivity contribution < 1.29 is 13.9 Å². The molecule has 19 heavy (non-hydrogen) atoms. The van der Waals surface area contributed by atoms with E-state index in [9.17, 15) is 4.39 Å². The number of nitrogens with one attached hydrogen (secondary N) is 1. The van der Waals surface area contributed by atoms with Gasteiger partial charge in [0.2, 0.25) is 0 Å². The highest BCUT2D eigenvalue weighted by atomic mass is 19.1. The minimum atomic E-state index is -0.360. The summed E-state index contributed by atoms with van der Waals surface area (Å²) in [4.78, 5) is 0. The lowest BCUT2D eigenvalue weighted by molar-refractivity contribution is 0.211. The highest BCUT2D eigenvalue weighted by Gasteiger charge is 2.01. The molecule has 0 spiro atoms. The topological polar surface area (TPSA) is 30.5 Å². The molecule has 1 N–H and O–H groups in total. The van der Waals surface area contributed by atoms with Crippen molar-refractivity contribution in [1.29, 1.82) is 0 Å². The summed E-state index contributed by atoms with van der Waals surface area (Å²) in [5.74, 6) is 0.647. The van der Waals surface area contributed by atoms with Crippen molar-refractivity contribution in [3.63, 3.8) is 0 Å². The molecule has 0 fully saturated rings. The molecule has 0 atom stereocenters. The van der Waals surface area contributed by atoms with Gasteiger partial charge in [-0.05, 0) is 36.4 Å². The summed E-state index contributed by atoms with van der Waals surface area (Å²) in [6.07, 6.45) is 0. The molecular weight excluding hydrogens is 245 g/mol. The Labute approximate surface area is 112 Å². The van der Waals surface area contributed by atoms with Crippen molar-refractivity contribution in [3.8, 4) is 11.5 Å². The Kier molecular flexibility index (Phi) is 4.61. The smallest absolute Gasteiger partial charge is 0.165 e. The second kappa shape index (κ2) is 6.64. The number of para-hydroxylation sites is 1. The Morgan fingerprint density at radius 3 is 2.32 bits per heavy atom. The fourth-order valence-electron chi connectivity index (χ4n) is 1.59. The first-order chi connectivity index (χ1) is 9.29. The van der Waals surface area contributed by atoms with Gasteiger partial charge in [0.1, 0.15) is 19.0 Å². The molecule has 0 amide bonds. The van der Waals surface area contributed by atoms with Crippen LogP contribution in [-0.2, 0) is 0 Å². The normalized spacial score (nSPS) is 10.0. The Morgan fingerprint density at radius 2 is 1.63 bits per heavy atom. The predicted molar refractivity (Wildman–Crippen MR) is 73.4 cm³/mol. The van der Waals surface area contributed by atoms with Gasteiger partial charge in [0.15, 0.2) is 11.6 Å². The number of hydrogen-bond donors (Lipinski definition) is 1. The first kappa shape index (κ1) is 13.2. The van der Waals surface area contributed by atoms with E-state index >= 15 is 0 Å². The van der Waals surface area contributed by atoms with Crippen LogP contribution >= 0.6 is 0 Å². The highest BCUT2D eigenvalue weighted by Crippen LogP contribution is 2.16. The zero-order valence-corrected chi connectivity index (χ0v) is 10.7. The maximum atomic E-state index is 13.3. The van der Waals surface area contributed by atoms with Crippen molar-refractivity contribution in [2.24, 2.45) is 0 Å². The van der Waals surface area contributed by atoms with E-state index in [-0.39, 0.29) is 11.6 Å². The highest BCUT2D eigenvalue weighted by molar-refractivity contribution is 5.45. The standard InChI is InChI=1S/C15H16FNO2/c1-17-12-6-8-13(9-7-12)18-10-11-19-15-5-3-2-4-14(15)16/h2-9,17H,10-11H2,1H3. The van der Waals surface area contributed by atoms with Gasteiger partial charge in [0.05, 0.1) is 0 Å². The summed E-state index contributed by atoms with van der Waals surface area (Å²) >= 11 is 0. The molecule has 0 saturated carbocycles. The minimum absolute atomic E-state index is 0.247. The van der Waals surface area contributed by atoms with Crippen LogP contribution in [0.4, 0.5) is 10.1 Å². The maximum absolute atomic E-state index is 13.3. The number of ether oxygens (including phenoxy) is 2. The molecule has 0 bridgehead atoms. The monoisotopic (exact) mass is 261 g/mol. The van der Waals surface area contributed by atoms with Crippen LogP contribution in [0.3, 0.4) is 0 Å². The Morgan fingerprint density at radius 1 is 0.947 bits per heavy atom. The summed E-state index contributed by atoms with van der Waals surface area (Å²) in [7, 11) is 1.86. The first-order valence-electron chi connectivity index (χ1n) is 6.07. The van der Waals surface area contributed by atoms with Crippen molar-refractivity contribution in [3.05, 3.63) is 54.3 Å². The molecule has 0 heterocycles. The van der Waals surface area contributed by atoms with Gasteiger partial charge < -0.3 is 14.8 Å². The minimum Gasteiger partial charge on any atom is -0.490 e. The van der Waals surface area contributed by atoms with Gasteiger partial charge in [-0.25, -0.2) is 4.39 Å². The van der Waals surface area contributed by atoms with Gasteiger partial charge in [0, 0.05) is 12.7 Å². The number of benzene rings is 2. The van der Waals surface area contributed by atoms with Crippen LogP contribution in [-0.4, -0.2) is 20.3 Å². The van der Waals surface area contributed by atoms with E-state index in [0.29, 0.717) is 13.2 Å². The van der Waals surface area contributed by atoms with Gasteiger partial charge in [-0.3, -0.25) is 0 Å².